The van der Waals surface area contributed by atoms with Crippen molar-refractivity contribution >= 4 is 0 Å². The number of rotatable bonds is 6. The normalized spacial score (nSPS) is 11.8. The summed E-state index contributed by atoms with van der Waals surface area (Å²) in [6.45, 7) is 6.57. The first-order valence-electron chi connectivity index (χ1n) is 6.78. The van der Waals surface area contributed by atoms with Crippen molar-refractivity contribution in [3.63, 3.8) is 0 Å². The smallest absolute Gasteiger partial charge is 0.261 e. The summed E-state index contributed by atoms with van der Waals surface area (Å²) in [6, 6.07) is 1.63. The van der Waals surface area contributed by atoms with E-state index in [-0.39, 0.29) is 11.6 Å². The molecule has 2 aromatic rings. The molecule has 0 bridgehead atoms. The van der Waals surface area contributed by atoms with Crippen LogP contribution < -0.4 is 0 Å². The van der Waals surface area contributed by atoms with Crippen molar-refractivity contribution in [3.8, 4) is 17.2 Å². The Hall–Kier alpha value is -1.95. The fraction of sp³-hybridized carbons (Fsp3) is 0.500. The van der Waals surface area contributed by atoms with E-state index < -0.39 is 5.60 Å². The number of hydrogen-bond donors (Lipinski definition) is 1. The maximum Gasteiger partial charge on any atom is 0.261 e. The molecule has 2 heterocycles. The summed E-state index contributed by atoms with van der Waals surface area (Å²) in [5.74, 6) is 0.791. The average molecular weight is 277 g/mol. The van der Waals surface area contributed by atoms with Gasteiger partial charge in [-0.3, -0.25) is 4.98 Å². The van der Waals surface area contributed by atoms with Gasteiger partial charge in [0, 0.05) is 12.8 Å². The van der Waals surface area contributed by atoms with Gasteiger partial charge in [0.25, 0.3) is 5.89 Å². The minimum absolute atomic E-state index is 0.0118. The number of hydrogen-bond acceptors (Lipinski definition) is 6. The largest absolute Gasteiger partial charge is 0.505 e. The van der Waals surface area contributed by atoms with Gasteiger partial charge in [0.05, 0.1) is 11.8 Å². The number of nitrogens with zero attached hydrogens (tertiary/aromatic N) is 3. The molecule has 0 aliphatic carbocycles. The summed E-state index contributed by atoms with van der Waals surface area (Å²) in [6.07, 6.45) is 4.40. The minimum atomic E-state index is -0.543. The fourth-order valence-corrected chi connectivity index (χ4v) is 2.20. The molecule has 0 fully saturated rings. The van der Waals surface area contributed by atoms with Crippen LogP contribution in [0, 0.1) is 0 Å². The molecule has 1 N–H and O–H groups in total. The molecule has 0 spiro atoms. The lowest BCUT2D eigenvalue weighted by molar-refractivity contribution is -0.0583. The Labute approximate surface area is 117 Å². The first kappa shape index (κ1) is 14.5. The van der Waals surface area contributed by atoms with Crippen molar-refractivity contribution in [3.05, 3.63) is 24.3 Å². The van der Waals surface area contributed by atoms with Crippen molar-refractivity contribution in [2.24, 2.45) is 0 Å². The number of aromatic hydroxyl groups is 1. The number of pyridine rings is 1. The summed E-state index contributed by atoms with van der Waals surface area (Å²) in [4.78, 5) is 8.21. The van der Waals surface area contributed by atoms with E-state index in [4.69, 9.17) is 9.26 Å². The fourth-order valence-electron chi connectivity index (χ4n) is 2.20. The Balaban J connectivity index is 2.39. The van der Waals surface area contributed by atoms with Crippen molar-refractivity contribution in [2.75, 3.05) is 6.61 Å². The Kier molecular flexibility index (Phi) is 4.34. The highest BCUT2D eigenvalue weighted by Crippen LogP contribution is 2.33. The molecule has 0 saturated heterocycles. The van der Waals surface area contributed by atoms with Crippen LogP contribution in [0.1, 0.15) is 39.4 Å². The average Bonchev–Trinajstić information content (AvgIpc) is 2.95. The van der Waals surface area contributed by atoms with Gasteiger partial charge in [-0.2, -0.15) is 4.98 Å². The lowest BCUT2D eigenvalue weighted by atomic mass is 9.96. The van der Waals surface area contributed by atoms with E-state index in [0.29, 0.717) is 18.0 Å². The first-order chi connectivity index (χ1) is 9.66. The van der Waals surface area contributed by atoms with Crippen LogP contribution in [-0.2, 0) is 10.3 Å². The van der Waals surface area contributed by atoms with E-state index in [1.54, 1.807) is 12.3 Å². The molecule has 6 nitrogen and oxygen atoms in total. The van der Waals surface area contributed by atoms with E-state index in [1.807, 2.05) is 20.8 Å². The van der Waals surface area contributed by atoms with Crippen LogP contribution >= 0.6 is 0 Å². The van der Waals surface area contributed by atoms with Gasteiger partial charge in [0.1, 0.15) is 11.4 Å². The van der Waals surface area contributed by atoms with Crippen LogP contribution in [-0.4, -0.2) is 26.8 Å². The zero-order valence-corrected chi connectivity index (χ0v) is 12.0. The molecule has 2 rings (SSSR count). The third-order valence-electron chi connectivity index (χ3n) is 3.43. The molecule has 0 atom stereocenters. The van der Waals surface area contributed by atoms with Gasteiger partial charge in [0.2, 0.25) is 5.82 Å². The minimum Gasteiger partial charge on any atom is -0.505 e. The van der Waals surface area contributed by atoms with Gasteiger partial charge in [-0.1, -0.05) is 19.0 Å². The molecule has 0 radical (unpaired) electrons. The van der Waals surface area contributed by atoms with Gasteiger partial charge in [-0.25, -0.2) is 0 Å². The molecule has 108 valence electrons. The predicted octanol–water partition coefficient (Wildman–Crippen LogP) is 2.89. The van der Waals surface area contributed by atoms with Crippen molar-refractivity contribution in [1.29, 1.82) is 0 Å². The Morgan fingerprint density at radius 2 is 2.05 bits per heavy atom. The maximum atomic E-state index is 9.77. The second kappa shape index (κ2) is 6.00. The second-order valence-corrected chi connectivity index (χ2v) is 4.45. The first-order valence-corrected chi connectivity index (χ1v) is 6.78. The second-order valence-electron chi connectivity index (χ2n) is 4.45. The summed E-state index contributed by atoms with van der Waals surface area (Å²) >= 11 is 0. The summed E-state index contributed by atoms with van der Waals surface area (Å²) < 4.78 is 11.1. The zero-order chi connectivity index (χ0) is 14.6. The molecule has 0 aromatic carbocycles. The summed E-state index contributed by atoms with van der Waals surface area (Å²) in [5, 5.41) is 13.8. The maximum absolute atomic E-state index is 9.77. The van der Waals surface area contributed by atoms with Gasteiger partial charge in [-0.15, -0.1) is 0 Å². The molecule has 20 heavy (non-hydrogen) atoms. The van der Waals surface area contributed by atoms with Crippen LogP contribution in [0.3, 0.4) is 0 Å². The van der Waals surface area contributed by atoms with Gasteiger partial charge >= 0.3 is 0 Å². The number of aromatic nitrogens is 3. The molecule has 0 saturated carbocycles. The van der Waals surface area contributed by atoms with Crippen LogP contribution in [0.25, 0.3) is 11.5 Å². The van der Waals surface area contributed by atoms with Crippen LogP contribution in [0.4, 0.5) is 0 Å². The van der Waals surface area contributed by atoms with Crippen molar-refractivity contribution < 1.29 is 14.4 Å². The van der Waals surface area contributed by atoms with E-state index in [0.717, 1.165) is 12.8 Å². The van der Waals surface area contributed by atoms with E-state index in [9.17, 15) is 5.11 Å². The topological polar surface area (TPSA) is 81.3 Å². The van der Waals surface area contributed by atoms with E-state index in [2.05, 4.69) is 15.1 Å². The Morgan fingerprint density at radius 1 is 1.30 bits per heavy atom. The lowest BCUT2D eigenvalue weighted by Crippen LogP contribution is -2.29. The van der Waals surface area contributed by atoms with Gasteiger partial charge in [-0.05, 0) is 25.8 Å². The monoisotopic (exact) mass is 277 g/mol. The van der Waals surface area contributed by atoms with Crippen LogP contribution in [0.15, 0.2) is 23.0 Å². The predicted molar refractivity (Wildman–Crippen MR) is 73.1 cm³/mol. The highest BCUT2D eigenvalue weighted by atomic mass is 16.5. The quantitative estimate of drug-likeness (QED) is 0.874. The van der Waals surface area contributed by atoms with Crippen molar-refractivity contribution in [1.82, 2.24) is 15.1 Å². The summed E-state index contributed by atoms with van der Waals surface area (Å²) in [7, 11) is 0. The van der Waals surface area contributed by atoms with E-state index in [1.165, 1.54) is 6.20 Å². The van der Waals surface area contributed by atoms with E-state index >= 15 is 0 Å². The SMILES string of the molecule is CCOC(CC)(CC)c1noc(-c2ccncc2O)n1. The molecule has 0 unspecified atom stereocenters. The zero-order valence-electron chi connectivity index (χ0n) is 12.0. The molecular weight excluding hydrogens is 258 g/mol. The lowest BCUT2D eigenvalue weighted by Gasteiger charge is -2.27. The van der Waals surface area contributed by atoms with Gasteiger partial charge < -0.3 is 14.4 Å². The van der Waals surface area contributed by atoms with Gasteiger partial charge in [0.15, 0.2) is 0 Å². The number of ether oxygens (including phenoxy) is 1. The molecule has 0 aliphatic heterocycles. The summed E-state index contributed by atoms with van der Waals surface area (Å²) in [5.41, 5.74) is -0.0737. The van der Waals surface area contributed by atoms with Crippen molar-refractivity contribution in [2.45, 2.75) is 39.2 Å². The Bertz CT molecular complexity index is 564. The molecule has 2 aromatic heterocycles. The highest BCUT2D eigenvalue weighted by Gasteiger charge is 2.34. The van der Waals surface area contributed by atoms with Crippen LogP contribution in [0.5, 0.6) is 5.75 Å². The highest BCUT2D eigenvalue weighted by molar-refractivity contribution is 5.60. The standard InChI is InChI=1S/C14H19N3O3/c1-4-14(5-2,19-6-3)13-16-12(20-17-13)10-7-8-15-9-11(10)18/h7-9,18H,4-6H2,1-3H3. The Morgan fingerprint density at radius 3 is 2.65 bits per heavy atom. The molecule has 0 amide bonds. The molecule has 0 aliphatic rings. The molecule has 6 heteroatoms. The third-order valence-corrected chi connectivity index (χ3v) is 3.43. The third kappa shape index (κ3) is 2.51. The molecular formula is C14H19N3O3. The van der Waals surface area contributed by atoms with Crippen LogP contribution in [0.2, 0.25) is 0 Å².